The first-order valence-electron chi connectivity index (χ1n) is 8.82. The monoisotopic (exact) mass is 354 g/mol. The number of rotatable bonds is 8. The number of hydrogen-bond donors (Lipinski definition) is 2. The molecular weight excluding hydrogens is 328 g/mol. The molecule has 2 aromatic carbocycles. The van der Waals surface area contributed by atoms with Gasteiger partial charge in [0, 0.05) is 16.5 Å². The van der Waals surface area contributed by atoms with Gasteiger partial charge >= 0.3 is 0 Å². The van der Waals surface area contributed by atoms with Gasteiger partial charge in [-0.2, -0.15) is 0 Å². The first kappa shape index (κ1) is 18.1. The fourth-order valence-corrected chi connectivity index (χ4v) is 3.30. The summed E-state index contributed by atoms with van der Waals surface area (Å²) in [5, 5.41) is 1.17. The summed E-state index contributed by atoms with van der Waals surface area (Å²) < 4.78 is 16.4. The Hall–Kier alpha value is -2.66. The molecule has 0 aliphatic carbocycles. The summed E-state index contributed by atoms with van der Waals surface area (Å²) in [6, 6.07) is 11.9. The third-order valence-corrected chi connectivity index (χ3v) is 4.67. The molecule has 1 aromatic heterocycles. The predicted molar refractivity (Wildman–Crippen MR) is 105 cm³/mol. The Morgan fingerprint density at radius 3 is 2.31 bits per heavy atom. The first-order valence-corrected chi connectivity index (χ1v) is 8.82. The third kappa shape index (κ3) is 3.48. The van der Waals surface area contributed by atoms with E-state index in [-0.39, 0.29) is 0 Å². The van der Waals surface area contributed by atoms with Crippen molar-refractivity contribution in [3.8, 4) is 28.5 Å². The molecule has 5 heteroatoms. The third-order valence-electron chi connectivity index (χ3n) is 4.67. The Balaban J connectivity index is 2.19. The zero-order valence-electron chi connectivity index (χ0n) is 15.6. The summed E-state index contributed by atoms with van der Waals surface area (Å²) in [4.78, 5) is 3.56. The maximum absolute atomic E-state index is 5.69. The van der Waals surface area contributed by atoms with E-state index in [1.165, 1.54) is 10.9 Å². The molecule has 0 bridgehead atoms. The van der Waals surface area contributed by atoms with Crippen LogP contribution in [0.2, 0.25) is 0 Å². The molecule has 0 saturated carbocycles. The summed E-state index contributed by atoms with van der Waals surface area (Å²) in [5.41, 5.74) is 10.1. The fourth-order valence-electron chi connectivity index (χ4n) is 3.30. The number of benzene rings is 2. The van der Waals surface area contributed by atoms with Crippen molar-refractivity contribution in [2.45, 2.75) is 19.3 Å². The Kier molecular flexibility index (Phi) is 5.68. The van der Waals surface area contributed by atoms with Gasteiger partial charge in [-0.3, -0.25) is 0 Å². The molecule has 0 unspecified atom stereocenters. The summed E-state index contributed by atoms with van der Waals surface area (Å²) in [6.45, 7) is 0.698. The second-order valence-corrected chi connectivity index (χ2v) is 6.20. The summed E-state index contributed by atoms with van der Waals surface area (Å²) >= 11 is 0. The molecule has 0 fully saturated rings. The quantitative estimate of drug-likeness (QED) is 0.597. The van der Waals surface area contributed by atoms with E-state index in [1.54, 1.807) is 21.3 Å². The van der Waals surface area contributed by atoms with Gasteiger partial charge in [0.05, 0.1) is 27.0 Å². The van der Waals surface area contributed by atoms with Gasteiger partial charge in [0.1, 0.15) is 17.2 Å². The van der Waals surface area contributed by atoms with Crippen molar-refractivity contribution in [1.82, 2.24) is 4.98 Å². The molecule has 3 rings (SSSR count). The minimum Gasteiger partial charge on any atom is -0.497 e. The van der Waals surface area contributed by atoms with E-state index in [9.17, 15) is 0 Å². The average molecular weight is 354 g/mol. The maximum Gasteiger partial charge on any atom is 0.128 e. The highest BCUT2D eigenvalue weighted by atomic mass is 16.5. The fraction of sp³-hybridized carbons (Fsp3) is 0.333. The van der Waals surface area contributed by atoms with Crippen molar-refractivity contribution >= 4 is 10.9 Å². The lowest BCUT2D eigenvalue weighted by molar-refractivity contribution is 0.404. The Bertz CT molecular complexity index is 886. The first-order chi connectivity index (χ1) is 12.7. The van der Waals surface area contributed by atoms with Crippen molar-refractivity contribution in [3.63, 3.8) is 0 Å². The molecule has 3 N–H and O–H groups in total. The van der Waals surface area contributed by atoms with Gasteiger partial charge in [-0.25, -0.2) is 0 Å². The summed E-state index contributed by atoms with van der Waals surface area (Å²) in [6.07, 6.45) is 2.95. The van der Waals surface area contributed by atoms with Crippen LogP contribution in [0.1, 0.15) is 18.4 Å². The van der Waals surface area contributed by atoms with Gasteiger partial charge in [-0.1, -0.05) is 0 Å². The Labute approximate surface area is 154 Å². The lowest BCUT2D eigenvalue weighted by Gasteiger charge is -2.12. The lowest BCUT2D eigenvalue weighted by atomic mass is 9.99. The molecule has 0 spiro atoms. The SMILES string of the molecule is COc1ccc(OC)c(-c2[nH]c3ccc(OC)cc3c2CCCCN)c1. The highest BCUT2D eigenvalue weighted by Gasteiger charge is 2.17. The molecule has 5 nitrogen and oxygen atoms in total. The number of aromatic amines is 1. The van der Waals surface area contributed by atoms with Crippen LogP contribution in [0, 0.1) is 0 Å². The van der Waals surface area contributed by atoms with Crippen LogP contribution < -0.4 is 19.9 Å². The van der Waals surface area contributed by atoms with E-state index in [1.807, 2.05) is 24.3 Å². The molecule has 0 saturated heterocycles. The van der Waals surface area contributed by atoms with Crippen LogP contribution in [-0.2, 0) is 6.42 Å². The zero-order chi connectivity index (χ0) is 18.5. The standard InChI is InChI=1S/C21H26N2O3/c1-24-14-7-9-19-17(12-14)16(6-4-5-11-22)21(23-19)18-13-15(25-2)8-10-20(18)26-3/h7-10,12-13,23H,4-6,11,22H2,1-3H3. The number of methoxy groups -OCH3 is 3. The molecule has 1 heterocycles. The van der Waals surface area contributed by atoms with Crippen LogP contribution in [0.15, 0.2) is 36.4 Å². The highest BCUT2D eigenvalue weighted by molar-refractivity contribution is 5.93. The van der Waals surface area contributed by atoms with Crippen molar-refractivity contribution in [3.05, 3.63) is 42.0 Å². The van der Waals surface area contributed by atoms with E-state index in [4.69, 9.17) is 19.9 Å². The number of nitrogens with one attached hydrogen (secondary N) is 1. The van der Waals surface area contributed by atoms with Crippen LogP contribution in [0.25, 0.3) is 22.2 Å². The lowest BCUT2D eigenvalue weighted by Crippen LogP contribution is -1.99. The number of fused-ring (bicyclic) bond motifs is 1. The van der Waals surface area contributed by atoms with E-state index >= 15 is 0 Å². The second kappa shape index (κ2) is 8.15. The van der Waals surface area contributed by atoms with Gasteiger partial charge in [0.2, 0.25) is 0 Å². The molecule has 0 radical (unpaired) electrons. The van der Waals surface area contributed by atoms with Crippen molar-refractivity contribution in [2.75, 3.05) is 27.9 Å². The topological polar surface area (TPSA) is 69.5 Å². The minimum absolute atomic E-state index is 0.698. The highest BCUT2D eigenvalue weighted by Crippen LogP contribution is 2.39. The molecule has 0 atom stereocenters. The van der Waals surface area contributed by atoms with E-state index < -0.39 is 0 Å². The van der Waals surface area contributed by atoms with Crippen LogP contribution >= 0.6 is 0 Å². The molecule has 0 amide bonds. The molecule has 0 aliphatic rings. The average Bonchev–Trinajstić information content (AvgIpc) is 3.05. The molecular formula is C21H26N2O3. The number of aryl methyl sites for hydroxylation is 1. The van der Waals surface area contributed by atoms with Crippen molar-refractivity contribution < 1.29 is 14.2 Å². The Morgan fingerprint density at radius 2 is 1.62 bits per heavy atom. The van der Waals surface area contributed by atoms with Gasteiger partial charge < -0.3 is 24.9 Å². The summed E-state index contributed by atoms with van der Waals surface area (Å²) in [5.74, 6) is 2.45. The van der Waals surface area contributed by atoms with Crippen molar-refractivity contribution in [2.24, 2.45) is 5.73 Å². The zero-order valence-corrected chi connectivity index (χ0v) is 15.6. The molecule has 0 aliphatic heterocycles. The van der Waals surface area contributed by atoms with Crippen LogP contribution in [0.4, 0.5) is 0 Å². The number of unbranched alkanes of at least 4 members (excludes halogenated alkanes) is 1. The van der Waals surface area contributed by atoms with Crippen molar-refractivity contribution in [1.29, 1.82) is 0 Å². The van der Waals surface area contributed by atoms with Crippen LogP contribution in [0.3, 0.4) is 0 Å². The van der Waals surface area contributed by atoms with E-state index in [0.717, 1.165) is 53.3 Å². The van der Waals surface area contributed by atoms with Gasteiger partial charge in [0.25, 0.3) is 0 Å². The largest absolute Gasteiger partial charge is 0.497 e. The number of H-pyrrole nitrogens is 1. The van der Waals surface area contributed by atoms with Gasteiger partial charge in [0.15, 0.2) is 0 Å². The number of ether oxygens (including phenoxy) is 3. The van der Waals surface area contributed by atoms with E-state index in [2.05, 4.69) is 17.1 Å². The normalized spacial score (nSPS) is 10.9. The van der Waals surface area contributed by atoms with Gasteiger partial charge in [-0.05, 0) is 67.8 Å². The van der Waals surface area contributed by atoms with Crippen LogP contribution in [0.5, 0.6) is 17.2 Å². The maximum atomic E-state index is 5.69. The minimum atomic E-state index is 0.698. The molecule has 138 valence electrons. The smallest absolute Gasteiger partial charge is 0.128 e. The number of nitrogens with two attached hydrogens (primary N) is 1. The molecule has 3 aromatic rings. The number of aromatic nitrogens is 1. The van der Waals surface area contributed by atoms with E-state index in [0.29, 0.717) is 6.54 Å². The van der Waals surface area contributed by atoms with Gasteiger partial charge in [-0.15, -0.1) is 0 Å². The summed E-state index contributed by atoms with van der Waals surface area (Å²) in [7, 11) is 5.04. The Morgan fingerprint density at radius 1 is 0.885 bits per heavy atom. The predicted octanol–water partition coefficient (Wildman–Crippen LogP) is 4.14. The second-order valence-electron chi connectivity index (χ2n) is 6.20. The van der Waals surface area contributed by atoms with Crippen LogP contribution in [-0.4, -0.2) is 32.9 Å². The molecule has 26 heavy (non-hydrogen) atoms. The number of hydrogen-bond acceptors (Lipinski definition) is 4.